The highest BCUT2D eigenvalue weighted by molar-refractivity contribution is 9.10. The standard InChI is InChI=1S/C20H21BrN4O3S/c1-4-28-18-9-8-15(21)11-17(18)19(12-24(26)27)29-20-23-22-14(3)25(20)16-7-5-6-13(2)10-16/h5-11,19H,4,12H2,1-3H3/t19-/m0/s1. The predicted molar refractivity (Wildman–Crippen MR) is 117 cm³/mol. The van der Waals surface area contributed by atoms with Gasteiger partial charge in [0, 0.05) is 20.6 Å². The van der Waals surface area contributed by atoms with Crippen LogP contribution in [-0.2, 0) is 0 Å². The second-order valence-corrected chi connectivity index (χ2v) is 8.53. The van der Waals surface area contributed by atoms with E-state index in [1.807, 2.05) is 67.8 Å². The molecule has 29 heavy (non-hydrogen) atoms. The van der Waals surface area contributed by atoms with E-state index in [1.54, 1.807) is 0 Å². The van der Waals surface area contributed by atoms with Crippen molar-refractivity contribution in [2.24, 2.45) is 0 Å². The summed E-state index contributed by atoms with van der Waals surface area (Å²) < 4.78 is 8.48. The Labute approximate surface area is 181 Å². The fraction of sp³-hybridized carbons (Fsp3) is 0.300. The number of aryl methyl sites for hydroxylation is 2. The fourth-order valence-corrected chi connectivity index (χ4v) is 4.57. The third-order valence-electron chi connectivity index (χ3n) is 4.24. The molecule has 1 heterocycles. The molecule has 0 bridgehead atoms. The first-order valence-corrected chi connectivity index (χ1v) is 10.8. The Kier molecular flexibility index (Phi) is 6.92. The van der Waals surface area contributed by atoms with Gasteiger partial charge in [-0.2, -0.15) is 0 Å². The maximum atomic E-state index is 11.4. The van der Waals surface area contributed by atoms with Crippen molar-refractivity contribution in [3.63, 3.8) is 0 Å². The molecule has 0 amide bonds. The van der Waals surface area contributed by atoms with Gasteiger partial charge < -0.3 is 4.74 Å². The van der Waals surface area contributed by atoms with Crippen molar-refractivity contribution < 1.29 is 9.66 Å². The number of thioether (sulfide) groups is 1. The van der Waals surface area contributed by atoms with Gasteiger partial charge in [0.2, 0.25) is 6.54 Å². The zero-order chi connectivity index (χ0) is 21.0. The first kappa shape index (κ1) is 21.3. The van der Waals surface area contributed by atoms with Crippen LogP contribution in [0.25, 0.3) is 5.69 Å². The first-order valence-electron chi connectivity index (χ1n) is 9.08. The third kappa shape index (κ3) is 5.16. The molecule has 0 saturated carbocycles. The van der Waals surface area contributed by atoms with Gasteiger partial charge in [0.15, 0.2) is 5.16 Å². The molecule has 3 rings (SSSR count). The van der Waals surface area contributed by atoms with Crippen LogP contribution in [0.1, 0.15) is 29.1 Å². The van der Waals surface area contributed by atoms with Gasteiger partial charge in [-0.15, -0.1) is 10.2 Å². The van der Waals surface area contributed by atoms with Gasteiger partial charge >= 0.3 is 0 Å². The molecule has 152 valence electrons. The summed E-state index contributed by atoms with van der Waals surface area (Å²) in [6.07, 6.45) is 0. The summed E-state index contributed by atoms with van der Waals surface area (Å²) >= 11 is 4.78. The summed E-state index contributed by atoms with van der Waals surface area (Å²) in [6.45, 7) is 5.98. The molecular weight excluding hydrogens is 456 g/mol. The second kappa shape index (κ2) is 9.41. The lowest BCUT2D eigenvalue weighted by atomic mass is 10.1. The zero-order valence-corrected chi connectivity index (χ0v) is 18.7. The third-order valence-corrected chi connectivity index (χ3v) is 5.89. The van der Waals surface area contributed by atoms with Crippen LogP contribution in [0, 0.1) is 24.0 Å². The van der Waals surface area contributed by atoms with E-state index in [-0.39, 0.29) is 11.5 Å². The van der Waals surface area contributed by atoms with Crippen LogP contribution in [-0.4, -0.2) is 32.8 Å². The molecule has 7 nitrogen and oxygen atoms in total. The van der Waals surface area contributed by atoms with Crippen molar-refractivity contribution in [2.45, 2.75) is 31.2 Å². The molecule has 1 aromatic heterocycles. The van der Waals surface area contributed by atoms with Gasteiger partial charge in [-0.05, 0) is 56.7 Å². The Bertz CT molecular complexity index is 1020. The van der Waals surface area contributed by atoms with Gasteiger partial charge in [-0.3, -0.25) is 14.7 Å². The highest BCUT2D eigenvalue weighted by atomic mass is 79.9. The Balaban J connectivity index is 2.04. The Hall–Kier alpha value is -2.39. The second-order valence-electron chi connectivity index (χ2n) is 6.44. The van der Waals surface area contributed by atoms with Gasteiger partial charge in [0.05, 0.1) is 6.61 Å². The molecule has 0 aliphatic carbocycles. The summed E-state index contributed by atoms with van der Waals surface area (Å²) in [7, 11) is 0. The Morgan fingerprint density at radius 1 is 1.24 bits per heavy atom. The number of rotatable bonds is 8. The molecule has 1 atom stereocenters. The monoisotopic (exact) mass is 476 g/mol. The average molecular weight is 477 g/mol. The van der Waals surface area contributed by atoms with Crippen molar-refractivity contribution in [1.29, 1.82) is 0 Å². The maximum Gasteiger partial charge on any atom is 0.220 e. The van der Waals surface area contributed by atoms with Crippen LogP contribution >= 0.6 is 27.7 Å². The number of nitro groups is 1. The lowest BCUT2D eigenvalue weighted by Crippen LogP contribution is -2.12. The molecule has 0 fully saturated rings. The lowest BCUT2D eigenvalue weighted by Gasteiger charge is -2.18. The first-order chi connectivity index (χ1) is 13.9. The molecule has 0 N–H and O–H groups in total. The molecule has 3 aromatic rings. The van der Waals surface area contributed by atoms with E-state index < -0.39 is 5.25 Å². The predicted octanol–water partition coefficient (Wildman–Crippen LogP) is 5.16. The van der Waals surface area contributed by atoms with E-state index in [1.165, 1.54) is 11.8 Å². The van der Waals surface area contributed by atoms with E-state index in [0.717, 1.165) is 27.1 Å². The fourth-order valence-electron chi connectivity index (χ4n) is 3.00. The van der Waals surface area contributed by atoms with Crippen LogP contribution in [0.5, 0.6) is 5.75 Å². The number of hydrogen-bond acceptors (Lipinski definition) is 6. The minimum Gasteiger partial charge on any atom is -0.494 e. The quantitative estimate of drug-likeness (QED) is 0.253. The summed E-state index contributed by atoms with van der Waals surface area (Å²) in [5, 5.41) is 20.0. The minimum absolute atomic E-state index is 0.263. The topological polar surface area (TPSA) is 83.1 Å². The van der Waals surface area contributed by atoms with Crippen molar-refractivity contribution in [2.75, 3.05) is 13.2 Å². The van der Waals surface area contributed by atoms with E-state index in [0.29, 0.717) is 17.5 Å². The number of ether oxygens (including phenoxy) is 1. The van der Waals surface area contributed by atoms with E-state index in [4.69, 9.17) is 4.74 Å². The molecule has 0 aliphatic heterocycles. The van der Waals surface area contributed by atoms with Crippen LogP contribution in [0.2, 0.25) is 0 Å². The normalized spacial score (nSPS) is 12.0. The van der Waals surface area contributed by atoms with E-state index in [2.05, 4.69) is 26.1 Å². The highest BCUT2D eigenvalue weighted by Gasteiger charge is 2.26. The summed E-state index contributed by atoms with van der Waals surface area (Å²) in [5.74, 6) is 1.35. The Morgan fingerprint density at radius 3 is 2.72 bits per heavy atom. The zero-order valence-electron chi connectivity index (χ0n) is 16.3. The van der Waals surface area contributed by atoms with Crippen LogP contribution in [0.4, 0.5) is 0 Å². The number of aromatic nitrogens is 3. The summed E-state index contributed by atoms with van der Waals surface area (Å²) in [6, 6.07) is 13.5. The number of benzene rings is 2. The van der Waals surface area contributed by atoms with Gasteiger partial charge in [0.1, 0.15) is 16.8 Å². The molecule has 0 unspecified atom stereocenters. The average Bonchev–Trinajstić information content (AvgIpc) is 3.02. The molecule has 0 saturated heterocycles. The molecule has 2 aromatic carbocycles. The number of halogens is 1. The highest BCUT2D eigenvalue weighted by Crippen LogP contribution is 2.41. The number of hydrogen-bond donors (Lipinski definition) is 0. The summed E-state index contributed by atoms with van der Waals surface area (Å²) in [4.78, 5) is 11.1. The van der Waals surface area contributed by atoms with Gasteiger partial charge in [-0.1, -0.05) is 39.8 Å². The van der Waals surface area contributed by atoms with E-state index >= 15 is 0 Å². The van der Waals surface area contributed by atoms with Crippen LogP contribution in [0.15, 0.2) is 52.1 Å². The SMILES string of the molecule is CCOc1ccc(Br)cc1[C@H](C[N+](=O)[O-])Sc1nnc(C)n1-c1cccc(C)c1. The lowest BCUT2D eigenvalue weighted by molar-refractivity contribution is -0.479. The summed E-state index contributed by atoms with van der Waals surface area (Å²) in [5.41, 5.74) is 2.78. The van der Waals surface area contributed by atoms with Crippen molar-refractivity contribution in [1.82, 2.24) is 14.8 Å². The van der Waals surface area contributed by atoms with Gasteiger partial charge in [-0.25, -0.2) is 0 Å². The molecule has 0 radical (unpaired) electrons. The molecule has 9 heteroatoms. The van der Waals surface area contributed by atoms with Crippen LogP contribution in [0.3, 0.4) is 0 Å². The van der Waals surface area contributed by atoms with Crippen molar-refractivity contribution in [3.8, 4) is 11.4 Å². The van der Waals surface area contributed by atoms with Crippen molar-refractivity contribution >= 4 is 27.7 Å². The molecular formula is C20H21BrN4O3S. The maximum absolute atomic E-state index is 11.4. The smallest absolute Gasteiger partial charge is 0.220 e. The minimum atomic E-state index is -0.490. The van der Waals surface area contributed by atoms with E-state index in [9.17, 15) is 10.1 Å². The number of nitrogens with zero attached hydrogens (tertiary/aromatic N) is 4. The molecule has 0 aliphatic rings. The Morgan fingerprint density at radius 2 is 2.03 bits per heavy atom. The van der Waals surface area contributed by atoms with Gasteiger partial charge in [0.25, 0.3) is 0 Å². The van der Waals surface area contributed by atoms with Crippen molar-refractivity contribution in [3.05, 3.63) is 74.0 Å². The molecule has 0 spiro atoms. The van der Waals surface area contributed by atoms with Crippen LogP contribution < -0.4 is 4.74 Å². The largest absolute Gasteiger partial charge is 0.494 e.